The van der Waals surface area contributed by atoms with Crippen molar-refractivity contribution in [1.29, 1.82) is 0 Å². The highest BCUT2D eigenvalue weighted by atomic mass is 32.1. The SMILES string of the molecule is Cc1cc(NCCN2CCOCC2)sc1C. The Hall–Kier alpha value is -0.580. The normalized spacial score (nSPS) is 17.6. The maximum absolute atomic E-state index is 5.32. The molecule has 0 aromatic carbocycles. The van der Waals surface area contributed by atoms with Crippen LogP contribution in [0.1, 0.15) is 10.4 Å². The van der Waals surface area contributed by atoms with Gasteiger partial charge in [0.15, 0.2) is 0 Å². The van der Waals surface area contributed by atoms with Crippen molar-refractivity contribution in [1.82, 2.24) is 4.90 Å². The molecule has 16 heavy (non-hydrogen) atoms. The lowest BCUT2D eigenvalue weighted by molar-refractivity contribution is 0.0398. The van der Waals surface area contributed by atoms with Crippen LogP contribution in [-0.2, 0) is 4.74 Å². The van der Waals surface area contributed by atoms with E-state index in [1.165, 1.54) is 15.4 Å². The van der Waals surface area contributed by atoms with Gasteiger partial charge >= 0.3 is 0 Å². The highest BCUT2D eigenvalue weighted by Gasteiger charge is 2.09. The third kappa shape index (κ3) is 3.20. The Kier molecular flexibility index (Phi) is 4.21. The summed E-state index contributed by atoms with van der Waals surface area (Å²) in [6.45, 7) is 10.4. The summed E-state index contributed by atoms with van der Waals surface area (Å²) in [4.78, 5) is 3.86. The van der Waals surface area contributed by atoms with Crippen molar-refractivity contribution >= 4 is 16.3 Å². The van der Waals surface area contributed by atoms with Gasteiger partial charge in [0.05, 0.1) is 18.2 Å². The predicted octanol–water partition coefficient (Wildman–Crippen LogP) is 2.11. The monoisotopic (exact) mass is 240 g/mol. The Bertz CT molecular complexity index is 312. The minimum atomic E-state index is 0.886. The van der Waals surface area contributed by atoms with Gasteiger partial charge in [-0.15, -0.1) is 11.3 Å². The molecule has 0 atom stereocenters. The van der Waals surface area contributed by atoms with Crippen LogP contribution < -0.4 is 5.32 Å². The molecule has 0 spiro atoms. The molecule has 0 radical (unpaired) electrons. The molecular weight excluding hydrogens is 220 g/mol. The van der Waals surface area contributed by atoms with Crippen molar-refractivity contribution in [3.05, 3.63) is 16.5 Å². The van der Waals surface area contributed by atoms with Gasteiger partial charge in [-0.3, -0.25) is 4.90 Å². The lowest BCUT2D eigenvalue weighted by Crippen LogP contribution is -2.38. The molecule has 1 fully saturated rings. The number of morpholine rings is 1. The molecule has 2 rings (SSSR count). The molecule has 2 heterocycles. The number of rotatable bonds is 4. The molecule has 1 saturated heterocycles. The molecule has 0 bridgehead atoms. The number of anilines is 1. The zero-order chi connectivity index (χ0) is 11.4. The summed E-state index contributed by atoms with van der Waals surface area (Å²) in [7, 11) is 0. The Morgan fingerprint density at radius 2 is 2.12 bits per heavy atom. The van der Waals surface area contributed by atoms with Crippen LogP contribution in [0.3, 0.4) is 0 Å². The maximum atomic E-state index is 5.32. The fraction of sp³-hybridized carbons (Fsp3) is 0.667. The van der Waals surface area contributed by atoms with E-state index in [4.69, 9.17) is 4.74 Å². The van der Waals surface area contributed by atoms with Gasteiger partial charge in [-0.2, -0.15) is 0 Å². The molecule has 0 saturated carbocycles. The number of ether oxygens (including phenoxy) is 1. The molecule has 1 aromatic rings. The van der Waals surface area contributed by atoms with Gasteiger partial charge in [-0.25, -0.2) is 0 Å². The highest BCUT2D eigenvalue weighted by Crippen LogP contribution is 2.25. The Balaban J connectivity index is 1.71. The first-order valence-corrected chi connectivity index (χ1v) is 6.68. The van der Waals surface area contributed by atoms with Crippen molar-refractivity contribution in [3.8, 4) is 0 Å². The second kappa shape index (κ2) is 5.66. The van der Waals surface area contributed by atoms with E-state index in [1.807, 2.05) is 11.3 Å². The summed E-state index contributed by atoms with van der Waals surface area (Å²) < 4.78 is 5.32. The molecule has 1 aromatic heterocycles. The van der Waals surface area contributed by atoms with Gasteiger partial charge in [0.1, 0.15) is 0 Å². The van der Waals surface area contributed by atoms with Crippen molar-refractivity contribution in [2.45, 2.75) is 13.8 Å². The van der Waals surface area contributed by atoms with Gasteiger partial charge < -0.3 is 10.1 Å². The Morgan fingerprint density at radius 1 is 1.38 bits per heavy atom. The predicted molar refractivity (Wildman–Crippen MR) is 69.5 cm³/mol. The summed E-state index contributed by atoms with van der Waals surface area (Å²) in [5.41, 5.74) is 1.39. The van der Waals surface area contributed by atoms with Crippen LogP contribution in [0.15, 0.2) is 6.07 Å². The lowest BCUT2D eigenvalue weighted by atomic mass is 10.3. The molecule has 0 amide bonds. The van der Waals surface area contributed by atoms with E-state index in [2.05, 4.69) is 30.1 Å². The third-order valence-corrected chi connectivity index (χ3v) is 4.11. The summed E-state index contributed by atoms with van der Waals surface area (Å²) in [5.74, 6) is 0. The maximum Gasteiger partial charge on any atom is 0.0888 e. The van der Waals surface area contributed by atoms with Crippen molar-refractivity contribution < 1.29 is 4.74 Å². The average Bonchev–Trinajstić information content (AvgIpc) is 2.60. The molecule has 3 nitrogen and oxygen atoms in total. The first-order chi connectivity index (χ1) is 7.75. The molecule has 0 aliphatic carbocycles. The minimum Gasteiger partial charge on any atom is -0.379 e. The largest absolute Gasteiger partial charge is 0.379 e. The summed E-state index contributed by atoms with van der Waals surface area (Å²) >= 11 is 1.85. The van der Waals surface area contributed by atoms with E-state index in [1.54, 1.807) is 0 Å². The zero-order valence-electron chi connectivity index (χ0n) is 10.1. The van der Waals surface area contributed by atoms with Crippen LogP contribution in [-0.4, -0.2) is 44.3 Å². The number of hydrogen-bond donors (Lipinski definition) is 1. The standard InChI is InChI=1S/C12H20N2OS/c1-10-9-12(16-11(10)2)13-3-4-14-5-7-15-8-6-14/h9,13H,3-8H2,1-2H3. The summed E-state index contributed by atoms with van der Waals surface area (Å²) in [6.07, 6.45) is 0. The van der Waals surface area contributed by atoms with Gasteiger partial charge in [0, 0.05) is 31.1 Å². The van der Waals surface area contributed by atoms with E-state index in [0.717, 1.165) is 39.4 Å². The molecular formula is C12H20N2OS. The van der Waals surface area contributed by atoms with Crippen molar-refractivity contribution in [2.75, 3.05) is 44.7 Å². The highest BCUT2D eigenvalue weighted by molar-refractivity contribution is 7.16. The van der Waals surface area contributed by atoms with Crippen LogP contribution in [0.5, 0.6) is 0 Å². The fourth-order valence-corrected chi connectivity index (χ4v) is 2.78. The van der Waals surface area contributed by atoms with Crippen LogP contribution in [0.4, 0.5) is 5.00 Å². The molecule has 1 aliphatic heterocycles. The van der Waals surface area contributed by atoms with E-state index < -0.39 is 0 Å². The van der Waals surface area contributed by atoms with E-state index in [0.29, 0.717) is 0 Å². The topological polar surface area (TPSA) is 24.5 Å². The van der Waals surface area contributed by atoms with E-state index in [9.17, 15) is 0 Å². The van der Waals surface area contributed by atoms with Crippen LogP contribution in [0.25, 0.3) is 0 Å². The Labute approximate surface area is 101 Å². The average molecular weight is 240 g/mol. The first-order valence-electron chi connectivity index (χ1n) is 5.87. The number of nitrogens with zero attached hydrogens (tertiary/aromatic N) is 1. The second-order valence-corrected chi connectivity index (χ2v) is 5.49. The van der Waals surface area contributed by atoms with Crippen LogP contribution in [0.2, 0.25) is 0 Å². The fourth-order valence-electron chi connectivity index (χ4n) is 1.82. The van der Waals surface area contributed by atoms with Crippen molar-refractivity contribution in [3.63, 3.8) is 0 Å². The number of nitrogens with one attached hydrogen (secondary N) is 1. The smallest absolute Gasteiger partial charge is 0.0888 e. The lowest BCUT2D eigenvalue weighted by Gasteiger charge is -2.26. The van der Waals surface area contributed by atoms with Crippen LogP contribution in [0, 0.1) is 13.8 Å². The van der Waals surface area contributed by atoms with Gasteiger partial charge in [0.25, 0.3) is 0 Å². The third-order valence-electron chi connectivity index (χ3n) is 3.00. The van der Waals surface area contributed by atoms with Crippen LogP contribution >= 0.6 is 11.3 Å². The molecule has 4 heteroatoms. The molecule has 1 N–H and O–H groups in total. The number of thiophene rings is 1. The van der Waals surface area contributed by atoms with E-state index >= 15 is 0 Å². The zero-order valence-corrected chi connectivity index (χ0v) is 10.9. The van der Waals surface area contributed by atoms with Crippen molar-refractivity contribution in [2.24, 2.45) is 0 Å². The van der Waals surface area contributed by atoms with Gasteiger partial charge in [-0.05, 0) is 25.5 Å². The number of hydrogen-bond acceptors (Lipinski definition) is 4. The molecule has 90 valence electrons. The van der Waals surface area contributed by atoms with E-state index in [-0.39, 0.29) is 0 Å². The second-order valence-electron chi connectivity index (χ2n) is 4.23. The summed E-state index contributed by atoms with van der Waals surface area (Å²) in [6, 6.07) is 2.24. The number of aryl methyl sites for hydroxylation is 2. The Morgan fingerprint density at radius 3 is 2.75 bits per heavy atom. The van der Waals surface area contributed by atoms with Gasteiger partial charge in [-0.1, -0.05) is 0 Å². The quantitative estimate of drug-likeness (QED) is 0.872. The van der Waals surface area contributed by atoms with Gasteiger partial charge in [0.2, 0.25) is 0 Å². The molecule has 1 aliphatic rings. The molecule has 0 unspecified atom stereocenters. The summed E-state index contributed by atoms with van der Waals surface area (Å²) in [5, 5.41) is 4.78. The minimum absolute atomic E-state index is 0.886. The first kappa shape index (κ1) is 11.9.